The molecule has 0 saturated heterocycles. The highest BCUT2D eigenvalue weighted by Crippen LogP contribution is 2.37. The van der Waals surface area contributed by atoms with Crippen molar-refractivity contribution in [3.05, 3.63) is 40.4 Å². The zero-order chi connectivity index (χ0) is 14.8. The number of aromatic amines is 1. The summed E-state index contributed by atoms with van der Waals surface area (Å²) in [5.41, 5.74) is 7.95. The number of nitrogens with one attached hydrogen (secondary N) is 1. The van der Waals surface area contributed by atoms with E-state index in [9.17, 15) is 0 Å². The molecule has 0 bridgehead atoms. The molecule has 3 rings (SSSR count). The first kappa shape index (κ1) is 16.9. The van der Waals surface area contributed by atoms with Crippen LogP contribution < -0.4 is 15.2 Å². The third-order valence-corrected chi connectivity index (χ3v) is 4.13. The highest BCUT2D eigenvalue weighted by atomic mass is 35.5. The third-order valence-electron chi connectivity index (χ3n) is 3.81. The number of nitrogens with two attached hydrogens (primary N) is 1. The SMILES string of the molecule is COc1cccc2c1OC[C@H](n1c(CCN)c[nH]c1=S)C2.Cl. The van der Waals surface area contributed by atoms with E-state index in [1.807, 2.05) is 18.3 Å². The van der Waals surface area contributed by atoms with Gasteiger partial charge in [0.25, 0.3) is 0 Å². The molecule has 0 unspecified atom stereocenters. The van der Waals surface area contributed by atoms with Crippen molar-refractivity contribution in [2.45, 2.75) is 18.9 Å². The summed E-state index contributed by atoms with van der Waals surface area (Å²) in [5, 5.41) is 0. The van der Waals surface area contributed by atoms with Gasteiger partial charge < -0.3 is 24.8 Å². The highest BCUT2D eigenvalue weighted by molar-refractivity contribution is 7.71. The van der Waals surface area contributed by atoms with Crippen LogP contribution in [0.15, 0.2) is 24.4 Å². The molecule has 22 heavy (non-hydrogen) atoms. The van der Waals surface area contributed by atoms with Gasteiger partial charge in [0.15, 0.2) is 16.3 Å². The first-order valence-electron chi connectivity index (χ1n) is 7.02. The molecular formula is C15H20ClN3O2S. The summed E-state index contributed by atoms with van der Waals surface area (Å²) in [7, 11) is 1.66. The number of methoxy groups -OCH3 is 1. The molecule has 0 amide bonds. The zero-order valence-corrected chi connectivity index (χ0v) is 14.0. The Morgan fingerprint density at radius 3 is 3.05 bits per heavy atom. The van der Waals surface area contributed by atoms with Crippen molar-refractivity contribution in [1.29, 1.82) is 0 Å². The van der Waals surface area contributed by atoms with E-state index < -0.39 is 0 Å². The van der Waals surface area contributed by atoms with E-state index in [0.29, 0.717) is 13.2 Å². The predicted molar refractivity (Wildman–Crippen MR) is 90.9 cm³/mol. The van der Waals surface area contributed by atoms with Crippen LogP contribution in [0.5, 0.6) is 11.5 Å². The van der Waals surface area contributed by atoms with Crippen LogP contribution in [0.1, 0.15) is 17.3 Å². The number of hydrogen-bond acceptors (Lipinski definition) is 4. The van der Waals surface area contributed by atoms with E-state index in [4.69, 9.17) is 27.4 Å². The molecule has 0 fully saturated rings. The molecular weight excluding hydrogens is 322 g/mol. The number of para-hydroxylation sites is 1. The lowest BCUT2D eigenvalue weighted by Crippen LogP contribution is -2.26. The number of rotatable bonds is 4. The van der Waals surface area contributed by atoms with Crippen LogP contribution in [0.3, 0.4) is 0 Å². The molecule has 1 aromatic carbocycles. The Bertz CT molecular complexity index is 698. The molecule has 0 aliphatic carbocycles. The predicted octanol–water partition coefficient (Wildman–Crippen LogP) is 2.65. The number of nitrogens with zero attached hydrogens (tertiary/aromatic N) is 1. The van der Waals surface area contributed by atoms with Crippen LogP contribution in [0.25, 0.3) is 0 Å². The normalized spacial score (nSPS) is 16.4. The molecule has 1 aliphatic heterocycles. The molecule has 120 valence electrons. The fraction of sp³-hybridized carbons (Fsp3) is 0.400. The average Bonchev–Trinajstić information content (AvgIpc) is 2.87. The first-order chi connectivity index (χ1) is 10.2. The second kappa shape index (κ2) is 7.17. The van der Waals surface area contributed by atoms with Crippen LogP contribution >= 0.6 is 24.6 Å². The molecule has 0 radical (unpaired) electrons. The van der Waals surface area contributed by atoms with Crippen LogP contribution in [0.4, 0.5) is 0 Å². The minimum atomic E-state index is 0. The minimum absolute atomic E-state index is 0. The lowest BCUT2D eigenvalue weighted by molar-refractivity contribution is 0.211. The van der Waals surface area contributed by atoms with E-state index in [0.717, 1.165) is 40.4 Å². The maximum absolute atomic E-state index is 5.93. The van der Waals surface area contributed by atoms with Gasteiger partial charge in [-0.05, 0) is 24.8 Å². The Labute approximate surface area is 140 Å². The topological polar surface area (TPSA) is 65.2 Å². The molecule has 0 spiro atoms. The van der Waals surface area contributed by atoms with Gasteiger partial charge in [-0.1, -0.05) is 12.1 Å². The van der Waals surface area contributed by atoms with Crippen molar-refractivity contribution >= 4 is 24.6 Å². The van der Waals surface area contributed by atoms with Gasteiger partial charge in [-0.25, -0.2) is 0 Å². The Kier molecular flexibility index (Phi) is 5.50. The second-order valence-corrected chi connectivity index (χ2v) is 5.50. The number of fused-ring (bicyclic) bond motifs is 1. The summed E-state index contributed by atoms with van der Waals surface area (Å²) < 4.78 is 14.1. The Morgan fingerprint density at radius 1 is 1.50 bits per heavy atom. The summed E-state index contributed by atoms with van der Waals surface area (Å²) in [6.45, 7) is 1.18. The number of aromatic nitrogens is 2. The fourth-order valence-electron chi connectivity index (χ4n) is 2.86. The number of benzene rings is 1. The highest BCUT2D eigenvalue weighted by Gasteiger charge is 2.25. The van der Waals surface area contributed by atoms with Gasteiger partial charge in [0.2, 0.25) is 0 Å². The summed E-state index contributed by atoms with van der Waals surface area (Å²) in [6.07, 6.45) is 3.61. The summed E-state index contributed by atoms with van der Waals surface area (Å²) in [4.78, 5) is 3.11. The fourth-order valence-corrected chi connectivity index (χ4v) is 3.19. The number of H-pyrrole nitrogens is 1. The van der Waals surface area contributed by atoms with Gasteiger partial charge in [-0.3, -0.25) is 0 Å². The monoisotopic (exact) mass is 341 g/mol. The first-order valence-corrected chi connectivity index (χ1v) is 7.43. The van der Waals surface area contributed by atoms with Gasteiger partial charge in [-0.15, -0.1) is 12.4 Å². The van der Waals surface area contributed by atoms with Crippen molar-refractivity contribution in [3.8, 4) is 11.5 Å². The number of halogens is 1. The average molecular weight is 342 g/mol. The largest absolute Gasteiger partial charge is 0.493 e. The van der Waals surface area contributed by atoms with E-state index in [1.165, 1.54) is 0 Å². The molecule has 2 heterocycles. The summed E-state index contributed by atoms with van der Waals surface area (Å²) >= 11 is 5.40. The van der Waals surface area contributed by atoms with Crippen molar-refractivity contribution in [1.82, 2.24) is 9.55 Å². The van der Waals surface area contributed by atoms with Crippen molar-refractivity contribution in [3.63, 3.8) is 0 Å². The smallest absolute Gasteiger partial charge is 0.177 e. The van der Waals surface area contributed by atoms with E-state index >= 15 is 0 Å². The molecule has 1 atom stereocenters. The van der Waals surface area contributed by atoms with Gasteiger partial charge in [0.1, 0.15) is 6.61 Å². The number of hydrogen-bond donors (Lipinski definition) is 2. The molecule has 5 nitrogen and oxygen atoms in total. The van der Waals surface area contributed by atoms with E-state index in [-0.39, 0.29) is 18.4 Å². The maximum atomic E-state index is 5.93. The van der Waals surface area contributed by atoms with Gasteiger partial charge in [0, 0.05) is 30.3 Å². The van der Waals surface area contributed by atoms with Crippen molar-refractivity contribution in [2.75, 3.05) is 20.3 Å². The van der Waals surface area contributed by atoms with Gasteiger partial charge in [0.05, 0.1) is 13.2 Å². The zero-order valence-electron chi connectivity index (χ0n) is 12.4. The molecule has 7 heteroatoms. The summed E-state index contributed by atoms with van der Waals surface area (Å²) in [5.74, 6) is 1.63. The summed E-state index contributed by atoms with van der Waals surface area (Å²) in [6, 6.07) is 6.16. The molecule has 3 N–H and O–H groups in total. The minimum Gasteiger partial charge on any atom is -0.493 e. The lowest BCUT2D eigenvalue weighted by atomic mass is 10.0. The van der Waals surface area contributed by atoms with Gasteiger partial charge in [-0.2, -0.15) is 0 Å². The van der Waals surface area contributed by atoms with Crippen LogP contribution in [-0.2, 0) is 12.8 Å². The standard InChI is InChI=1S/C15H19N3O2S.ClH/c1-19-13-4-2-3-10-7-12(9-20-14(10)13)18-11(5-6-16)8-17-15(18)21;/h2-4,8,12H,5-7,9,16H2,1H3,(H,17,21);1H/t12-;/m1./s1. The maximum Gasteiger partial charge on any atom is 0.177 e. The van der Waals surface area contributed by atoms with Crippen molar-refractivity contribution < 1.29 is 9.47 Å². The Hall–Kier alpha value is -1.50. The van der Waals surface area contributed by atoms with Gasteiger partial charge >= 0.3 is 0 Å². The van der Waals surface area contributed by atoms with Crippen molar-refractivity contribution in [2.24, 2.45) is 5.73 Å². The molecule has 0 saturated carbocycles. The lowest BCUT2D eigenvalue weighted by Gasteiger charge is -2.28. The molecule has 2 aromatic rings. The van der Waals surface area contributed by atoms with E-state index in [2.05, 4.69) is 15.6 Å². The Morgan fingerprint density at radius 2 is 2.32 bits per heavy atom. The Balaban J connectivity index is 0.00000176. The number of ether oxygens (including phenoxy) is 2. The molecule has 1 aromatic heterocycles. The second-order valence-electron chi connectivity index (χ2n) is 5.11. The van der Waals surface area contributed by atoms with Crippen LogP contribution in [-0.4, -0.2) is 29.8 Å². The van der Waals surface area contributed by atoms with Crippen LogP contribution in [0, 0.1) is 4.77 Å². The number of imidazole rings is 1. The quantitative estimate of drug-likeness (QED) is 0.839. The molecule has 1 aliphatic rings. The van der Waals surface area contributed by atoms with E-state index in [1.54, 1.807) is 7.11 Å². The third kappa shape index (κ3) is 2.99. The van der Waals surface area contributed by atoms with Crippen LogP contribution in [0.2, 0.25) is 0 Å².